The molecule has 0 saturated carbocycles. The van der Waals surface area contributed by atoms with Gasteiger partial charge in [-0.25, -0.2) is 9.59 Å². The molecule has 1 heterocycles. The number of hydrogen-bond acceptors (Lipinski definition) is 6. The third-order valence-corrected chi connectivity index (χ3v) is 4.07. The number of imide groups is 1. The van der Waals surface area contributed by atoms with Crippen molar-refractivity contribution >= 4 is 40.8 Å². The largest absolute Gasteiger partial charge is 0.452 e. The van der Waals surface area contributed by atoms with E-state index in [-0.39, 0.29) is 11.5 Å². The third-order valence-electron chi connectivity index (χ3n) is 3.20. The third kappa shape index (κ3) is 6.84. The maximum Gasteiger partial charge on any atom is 0.338 e. The normalized spacial score (nSPS) is 10.7. The van der Waals surface area contributed by atoms with E-state index in [4.69, 9.17) is 4.74 Å². The molecule has 3 N–H and O–H groups in total. The molecule has 2 aromatic rings. The van der Waals surface area contributed by atoms with Gasteiger partial charge in [-0.05, 0) is 56.5 Å². The molecule has 148 valence electrons. The first-order valence-corrected chi connectivity index (χ1v) is 9.26. The Bertz CT molecular complexity index is 855. The smallest absolute Gasteiger partial charge is 0.338 e. The fraction of sp³-hybridized carbons (Fsp3) is 0.263. The average molecular weight is 403 g/mol. The van der Waals surface area contributed by atoms with Crippen LogP contribution in [0.5, 0.6) is 0 Å². The number of amides is 4. The van der Waals surface area contributed by atoms with Crippen LogP contribution in [0.25, 0.3) is 0 Å². The van der Waals surface area contributed by atoms with Gasteiger partial charge in [-0.15, -0.1) is 11.3 Å². The van der Waals surface area contributed by atoms with E-state index < -0.39 is 30.1 Å². The molecule has 0 aliphatic heterocycles. The second-order valence-corrected chi connectivity index (χ2v) is 7.78. The Morgan fingerprint density at radius 1 is 1.04 bits per heavy atom. The van der Waals surface area contributed by atoms with Crippen molar-refractivity contribution in [2.45, 2.75) is 26.3 Å². The van der Waals surface area contributed by atoms with Crippen LogP contribution in [0, 0.1) is 0 Å². The van der Waals surface area contributed by atoms with Gasteiger partial charge in [0.15, 0.2) is 6.61 Å². The number of carbonyl (C=O) groups excluding carboxylic acids is 4. The Kier molecular flexibility index (Phi) is 6.89. The van der Waals surface area contributed by atoms with Crippen molar-refractivity contribution in [1.29, 1.82) is 0 Å². The van der Waals surface area contributed by atoms with Gasteiger partial charge in [0.05, 0.1) is 10.4 Å². The zero-order chi connectivity index (χ0) is 20.7. The molecule has 4 amide bonds. The quantitative estimate of drug-likeness (QED) is 0.665. The van der Waals surface area contributed by atoms with Crippen molar-refractivity contribution in [1.82, 2.24) is 10.6 Å². The molecule has 1 aromatic heterocycles. The predicted molar refractivity (Wildman–Crippen MR) is 105 cm³/mol. The van der Waals surface area contributed by atoms with E-state index in [0.29, 0.717) is 10.6 Å². The molecular weight excluding hydrogens is 382 g/mol. The molecule has 0 spiro atoms. The molecule has 2 rings (SSSR count). The van der Waals surface area contributed by atoms with Crippen molar-refractivity contribution < 1.29 is 23.9 Å². The SMILES string of the molecule is CC(C)(C)NC(=O)NC(=O)COC(=O)c1ccc(NC(=O)c2cccs2)cc1. The number of ether oxygens (including phenoxy) is 1. The van der Waals surface area contributed by atoms with Gasteiger partial charge in [-0.3, -0.25) is 14.9 Å². The number of hydrogen-bond donors (Lipinski definition) is 3. The Morgan fingerprint density at radius 2 is 1.71 bits per heavy atom. The van der Waals surface area contributed by atoms with E-state index in [1.807, 2.05) is 0 Å². The molecule has 0 radical (unpaired) electrons. The molecule has 0 bridgehead atoms. The second-order valence-electron chi connectivity index (χ2n) is 6.84. The highest BCUT2D eigenvalue weighted by Gasteiger charge is 2.17. The Hall–Kier alpha value is -3.20. The van der Waals surface area contributed by atoms with Crippen molar-refractivity contribution in [3.05, 3.63) is 52.2 Å². The number of benzene rings is 1. The van der Waals surface area contributed by atoms with Gasteiger partial charge in [0.2, 0.25) is 0 Å². The average Bonchev–Trinajstić information content (AvgIpc) is 3.13. The number of esters is 1. The molecule has 9 heteroatoms. The Morgan fingerprint density at radius 3 is 2.29 bits per heavy atom. The van der Waals surface area contributed by atoms with Crippen LogP contribution >= 0.6 is 11.3 Å². The van der Waals surface area contributed by atoms with Crippen LogP contribution in [0.3, 0.4) is 0 Å². The highest BCUT2D eigenvalue weighted by Crippen LogP contribution is 2.14. The van der Waals surface area contributed by atoms with Crippen molar-refractivity contribution in [3.63, 3.8) is 0 Å². The van der Waals surface area contributed by atoms with Gasteiger partial charge >= 0.3 is 12.0 Å². The van der Waals surface area contributed by atoms with Crippen molar-refractivity contribution in [2.75, 3.05) is 11.9 Å². The zero-order valence-corrected chi connectivity index (χ0v) is 16.5. The Balaban J connectivity index is 1.81. The highest BCUT2D eigenvalue weighted by atomic mass is 32.1. The first kappa shape index (κ1) is 21.1. The van der Waals surface area contributed by atoms with E-state index in [9.17, 15) is 19.2 Å². The first-order chi connectivity index (χ1) is 13.1. The van der Waals surface area contributed by atoms with Crippen LogP contribution in [0.15, 0.2) is 41.8 Å². The fourth-order valence-corrected chi connectivity index (χ4v) is 2.66. The topological polar surface area (TPSA) is 114 Å². The molecule has 8 nitrogen and oxygen atoms in total. The minimum atomic E-state index is -0.741. The molecular formula is C19H21N3O5S. The summed E-state index contributed by atoms with van der Waals surface area (Å²) in [5.41, 5.74) is 0.231. The summed E-state index contributed by atoms with van der Waals surface area (Å²) in [6.45, 7) is 4.71. The van der Waals surface area contributed by atoms with Crippen LogP contribution in [0.4, 0.5) is 10.5 Å². The lowest BCUT2D eigenvalue weighted by atomic mass is 10.1. The molecule has 0 unspecified atom stereocenters. The van der Waals surface area contributed by atoms with E-state index in [2.05, 4.69) is 16.0 Å². The number of thiophene rings is 1. The number of anilines is 1. The standard InChI is InChI=1S/C19H21N3O5S/c1-19(2,3)22-18(26)21-15(23)11-27-17(25)12-6-8-13(9-7-12)20-16(24)14-5-4-10-28-14/h4-10H,11H2,1-3H3,(H,20,24)(H2,21,22,23,26). The van der Waals surface area contributed by atoms with Crippen LogP contribution < -0.4 is 16.0 Å². The van der Waals surface area contributed by atoms with Gasteiger partial charge < -0.3 is 15.4 Å². The van der Waals surface area contributed by atoms with Crippen LogP contribution in [0.1, 0.15) is 40.8 Å². The number of nitrogens with one attached hydrogen (secondary N) is 3. The molecule has 28 heavy (non-hydrogen) atoms. The summed E-state index contributed by atoms with van der Waals surface area (Å²) in [6, 6.07) is 8.87. The number of urea groups is 1. The van der Waals surface area contributed by atoms with E-state index in [0.717, 1.165) is 0 Å². The Labute approximate surface area is 166 Å². The van der Waals surface area contributed by atoms with Crippen LogP contribution in [-0.4, -0.2) is 36.0 Å². The van der Waals surface area contributed by atoms with Gasteiger partial charge in [-0.2, -0.15) is 0 Å². The summed E-state index contributed by atoms with van der Waals surface area (Å²) >= 11 is 1.32. The summed E-state index contributed by atoms with van der Waals surface area (Å²) in [4.78, 5) is 47.8. The summed E-state index contributed by atoms with van der Waals surface area (Å²) in [5.74, 6) is -1.70. The van der Waals surface area contributed by atoms with Crippen LogP contribution in [-0.2, 0) is 9.53 Å². The minimum absolute atomic E-state index is 0.209. The molecule has 0 saturated heterocycles. The molecule has 0 atom stereocenters. The zero-order valence-electron chi connectivity index (χ0n) is 15.7. The second kappa shape index (κ2) is 9.14. The molecule has 1 aromatic carbocycles. The fourth-order valence-electron chi connectivity index (χ4n) is 2.04. The van der Waals surface area contributed by atoms with E-state index in [1.165, 1.54) is 23.5 Å². The lowest BCUT2D eigenvalue weighted by molar-refractivity contribution is -0.123. The number of rotatable bonds is 5. The van der Waals surface area contributed by atoms with Gasteiger partial charge in [0.1, 0.15) is 0 Å². The van der Waals surface area contributed by atoms with E-state index >= 15 is 0 Å². The molecule has 0 aliphatic carbocycles. The maximum atomic E-state index is 12.0. The highest BCUT2D eigenvalue weighted by molar-refractivity contribution is 7.12. The number of carbonyl (C=O) groups is 4. The summed E-state index contributed by atoms with van der Waals surface area (Å²) in [6.07, 6.45) is 0. The van der Waals surface area contributed by atoms with Crippen LogP contribution in [0.2, 0.25) is 0 Å². The summed E-state index contributed by atoms with van der Waals surface area (Å²) in [5, 5.41) is 9.14. The minimum Gasteiger partial charge on any atom is -0.452 e. The lowest BCUT2D eigenvalue weighted by Gasteiger charge is -2.20. The first-order valence-electron chi connectivity index (χ1n) is 8.38. The summed E-state index contributed by atoms with van der Waals surface area (Å²) < 4.78 is 4.88. The van der Waals surface area contributed by atoms with Gasteiger partial charge in [0.25, 0.3) is 11.8 Å². The maximum absolute atomic E-state index is 12.0. The van der Waals surface area contributed by atoms with Gasteiger partial charge in [-0.1, -0.05) is 6.07 Å². The monoisotopic (exact) mass is 403 g/mol. The van der Waals surface area contributed by atoms with Gasteiger partial charge in [0, 0.05) is 11.2 Å². The predicted octanol–water partition coefficient (Wildman–Crippen LogP) is 2.78. The molecule has 0 aliphatic rings. The van der Waals surface area contributed by atoms with Crippen molar-refractivity contribution in [3.8, 4) is 0 Å². The summed E-state index contributed by atoms with van der Waals surface area (Å²) in [7, 11) is 0. The van der Waals surface area contributed by atoms with E-state index in [1.54, 1.807) is 50.4 Å². The van der Waals surface area contributed by atoms with Crippen molar-refractivity contribution in [2.24, 2.45) is 0 Å². The lowest BCUT2D eigenvalue weighted by Crippen LogP contribution is -2.49. The molecule has 0 fully saturated rings.